The SMILES string of the molecule is CC1CN(Cc2ccc(F)cc2C(=N)N)CC(CO)O1. The highest BCUT2D eigenvalue weighted by Crippen LogP contribution is 2.17. The zero-order chi connectivity index (χ0) is 14.7. The molecule has 110 valence electrons. The van der Waals surface area contributed by atoms with Crippen LogP contribution in [0.5, 0.6) is 0 Å². The number of nitrogens with zero attached hydrogens (tertiary/aromatic N) is 1. The molecule has 20 heavy (non-hydrogen) atoms. The Kier molecular flexibility index (Phi) is 4.69. The van der Waals surface area contributed by atoms with Gasteiger partial charge in [-0.15, -0.1) is 0 Å². The van der Waals surface area contributed by atoms with Crippen molar-refractivity contribution in [3.8, 4) is 0 Å². The Morgan fingerprint density at radius 1 is 1.55 bits per heavy atom. The molecule has 0 amide bonds. The third kappa shape index (κ3) is 3.53. The van der Waals surface area contributed by atoms with Crippen LogP contribution in [0.25, 0.3) is 0 Å². The van der Waals surface area contributed by atoms with Gasteiger partial charge in [0.25, 0.3) is 0 Å². The zero-order valence-corrected chi connectivity index (χ0v) is 11.5. The summed E-state index contributed by atoms with van der Waals surface area (Å²) in [6.07, 6.45) is -0.179. The van der Waals surface area contributed by atoms with Crippen LogP contribution in [0.1, 0.15) is 18.1 Å². The fourth-order valence-corrected chi connectivity index (χ4v) is 2.55. The number of morpholine rings is 1. The number of hydrogen-bond acceptors (Lipinski definition) is 4. The maximum Gasteiger partial charge on any atom is 0.123 e. The predicted octanol–water partition coefficient (Wildman–Crippen LogP) is 0.691. The molecule has 6 heteroatoms. The van der Waals surface area contributed by atoms with E-state index in [0.29, 0.717) is 18.7 Å². The second-order valence-electron chi connectivity index (χ2n) is 5.16. The van der Waals surface area contributed by atoms with Crippen LogP contribution in [0.15, 0.2) is 18.2 Å². The van der Waals surface area contributed by atoms with Crippen LogP contribution in [0, 0.1) is 11.2 Å². The van der Waals surface area contributed by atoms with Gasteiger partial charge < -0.3 is 15.6 Å². The van der Waals surface area contributed by atoms with Gasteiger partial charge in [-0.25, -0.2) is 4.39 Å². The Labute approximate surface area is 117 Å². The van der Waals surface area contributed by atoms with Crippen molar-refractivity contribution in [2.24, 2.45) is 5.73 Å². The van der Waals surface area contributed by atoms with E-state index >= 15 is 0 Å². The summed E-state index contributed by atoms with van der Waals surface area (Å²) >= 11 is 0. The first kappa shape index (κ1) is 14.9. The third-order valence-corrected chi connectivity index (χ3v) is 3.36. The lowest BCUT2D eigenvalue weighted by atomic mass is 10.0. The van der Waals surface area contributed by atoms with E-state index in [9.17, 15) is 9.50 Å². The highest BCUT2D eigenvalue weighted by Gasteiger charge is 2.25. The van der Waals surface area contributed by atoms with E-state index in [2.05, 4.69) is 4.90 Å². The fraction of sp³-hybridized carbons (Fsp3) is 0.500. The molecule has 1 saturated heterocycles. The number of ether oxygens (including phenoxy) is 1. The maximum atomic E-state index is 13.2. The second kappa shape index (κ2) is 6.30. The van der Waals surface area contributed by atoms with Crippen LogP contribution < -0.4 is 5.73 Å². The van der Waals surface area contributed by atoms with Crippen molar-refractivity contribution < 1.29 is 14.2 Å². The van der Waals surface area contributed by atoms with Gasteiger partial charge in [0.2, 0.25) is 0 Å². The standard InChI is InChI=1S/C14H20FN3O2/c1-9-5-18(7-12(8-19)20-9)6-10-2-3-11(15)4-13(10)14(16)17/h2-4,9,12,19H,5-8H2,1H3,(H3,16,17). The van der Waals surface area contributed by atoms with Crippen molar-refractivity contribution in [2.75, 3.05) is 19.7 Å². The van der Waals surface area contributed by atoms with Gasteiger partial charge in [0.15, 0.2) is 0 Å². The van der Waals surface area contributed by atoms with Crippen molar-refractivity contribution in [1.29, 1.82) is 5.41 Å². The van der Waals surface area contributed by atoms with Gasteiger partial charge in [-0.1, -0.05) is 6.07 Å². The van der Waals surface area contributed by atoms with Crippen molar-refractivity contribution in [1.82, 2.24) is 4.90 Å². The molecule has 4 N–H and O–H groups in total. The monoisotopic (exact) mass is 281 g/mol. The van der Waals surface area contributed by atoms with E-state index in [0.717, 1.165) is 12.1 Å². The van der Waals surface area contributed by atoms with Gasteiger partial charge in [0.1, 0.15) is 11.7 Å². The first-order valence-corrected chi connectivity index (χ1v) is 6.61. The number of aliphatic hydroxyl groups excluding tert-OH is 1. The van der Waals surface area contributed by atoms with Crippen molar-refractivity contribution >= 4 is 5.84 Å². The maximum absolute atomic E-state index is 13.2. The lowest BCUT2D eigenvalue weighted by molar-refractivity contribution is -0.0972. The smallest absolute Gasteiger partial charge is 0.123 e. The number of benzene rings is 1. The number of nitrogens with two attached hydrogens (primary N) is 1. The average molecular weight is 281 g/mol. The summed E-state index contributed by atoms with van der Waals surface area (Å²) in [6, 6.07) is 4.31. The fourth-order valence-electron chi connectivity index (χ4n) is 2.55. The Balaban J connectivity index is 2.15. The van der Waals surface area contributed by atoms with E-state index in [1.165, 1.54) is 12.1 Å². The van der Waals surface area contributed by atoms with Gasteiger partial charge >= 0.3 is 0 Å². The van der Waals surface area contributed by atoms with Crippen LogP contribution in [0.4, 0.5) is 4.39 Å². The molecule has 0 spiro atoms. The van der Waals surface area contributed by atoms with Crippen LogP contribution in [0.2, 0.25) is 0 Å². The number of aliphatic hydroxyl groups is 1. The number of halogens is 1. The molecule has 0 radical (unpaired) electrons. The zero-order valence-electron chi connectivity index (χ0n) is 11.5. The number of hydrogen-bond donors (Lipinski definition) is 3. The molecule has 1 aromatic carbocycles. The summed E-state index contributed by atoms with van der Waals surface area (Å²) in [7, 11) is 0. The first-order chi connectivity index (χ1) is 9.49. The minimum absolute atomic E-state index is 0.0240. The van der Waals surface area contributed by atoms with Crippen LogP contribution in [0.3, 0.4) is 0 Å². The van der Waals surface area contributed by atoms with Crippen LogP contribution in [-0.4, -0.2) is 47.7 Å². The van der Waals surface area contributed by atoms with E-state index in [4.69, 9.17) is 15.9 Å². The van der Waals surface area contributed by atoms with Crippen LogP contribution in [-0.2, 0) is 11.3 Å². The largest absolute Gasteiger partial charge is 0.394 e. The molecule has 2 rings (SSSR count). The molecule has 0 aliphatic carbocycles. The molecule has 2 atom stereocenters. The van der Waals surface area contributed by atoms with E-state index < -0.39 is 5.82 Å². The molecule has 5 nitrogen and oxygen atoms in total. The summed E-state index contributed by atoms with van der Waals surface area (Å²) in [5.41, 5.74) is 6.73. The number of amidine groups is 1. The normalized spacial score (nSPS) is 23.8. The summed E-state index contributed by atoms with van der Waals surface area (Å²) < 4.78 is 18.8. The molecule has 1 fully saturated rings. The van der Waals surface area contributed by atoms with Crippen molar-refractivity contribution in [2.45, 2.75) is 25.7 Å². The molecule has 2 unspecified atom stereocenters. The Morgan fingerprint density at radius 3 is 2.95 bits per heavy atom. The summed E-state index contributed by atoms with van der Waals surface area (Å²) in [5.74, 6) is -0.540. The minimum Gasteiger partial charge on any atom is -0.394 e. The van der Waals surface area contributed by atoms with Crippen LogP contribution >= 0.6 is 0 Å². The Hall–Kier alpha value is -1.50. The molecule has 0 saturated carbocycles. The highest BCUT2D eigenvalue weighted by molar-refractivity contribution is 5.96. The topological polar surface area (TPSA) is 82.6 Å². The molecular formula is C14H20FN3O2. The summed E-state index contributed by atoms with van der Waals surface area (Å²) in [6.45, 7) is 3.81. The summed E-state index contributed by atoms with van der Waals surface area (Å²) in [5, 5.41) is 16.8. The van der Waals surface area contributed by atoms with Gasteiger partial charge in [0.05, 0.1) is 18.8 Å². The molecule has 0 aromatic heterocycles. The van der Waals surface area contributed by atoms with E-state index in [1.807, 2.05) is 6.92 Å². The molecular weight excluding hydrogens is 261 g/mol. The second-order valence-corrected chi connectivity index (χ2v) is 5.16. The van der Waals surface area contributed by atoms with Gasteiger partial charge in [0, 0.05) is 25.2 Å². The highest BCUT2D eigenvalue weighted by atomic mass is 19.1. The Bertz CT molecular complexity index is 495. The lowest BCUT2D eigenvalue weighted by Crippen LogP contribution is -2.47. The summed E-state index contributed by atoms with van der Waals surface area (Å²) in [4.78, 5) is 2.12. The first-order valence-electron chi connectivity index (χ1n) is 6.61. The van der Waals surface area contributed by atoms with Crippen molar-refractivity contribution in [3.63, 3.8) is 0 Å². The molecule has 1 aliphatic rings. The molecule has 1 heterocycles. The number of nitrogen functional groups attached to an aromatic ring is 1. The van der Waals surface area contributed by atoms with E-state index in [-0.39, 0.29) is 24.7 Å². The molecule has 1 aliphatic heterocycles. The minimum atomic E-state index is -0.400. The lowest BCUT2D eigenvalue weighted by Gasteiger charge is -2.36. The van der Waals surface area contributed by atoms with E-state index in [1.54, 1.807) is 6.07 Å². The molecule has 0 bridgehead atoms. The quantitative estimate of drug-likeness (QED) is 0.560. The number of nitrogens with one attached hydrogen (secondary N) is 1. The van der Waals surface area contributed by atoms with Gasteiger partial charge in [-0.3, -0.25) is 10.3 Å². The number of rotatable bonds is 4. The predicted molar refractivity (Wildman–Crippen MR) is 74.1 cm³/mol. The van der Waals surface area contributed by atoms with Crippen molar-refractivity contribution in [3.05, 3.63) is 35.1 Å². The average Bonchev–Trinajstić information content (AvgIpc) is 2.40. The van der Waals surface area contributed by atoms with Gasteiger partial charge in [-0.05, 0) is 24.6 Å². The Morgan fingerprint density at radius 2 is 2.30 bits per heavy atom. The third-order valence-electron chi connectivity index (χ3n) is 3.36. The molecule has 1 aromatic rings. The van der Waals surface area contributed by atoms with Gasteiger partial charge in [-0.2, -0.15) is 0 Å².